The van der Waals surface area contributed by atoms with Crippen LogP contribution >= 0.6 is 0 Å². The highest BCUT2D eigenvalue weighted by Gasteiger charge is 2.31. The monoisotopic (exact) mass is 396 g/mol. The summed E-state index contributed by atoms with van der Waals surface area (Å²) < 4.78 is 5.26. The van der Waals surface area contributed by atoms with Crippen molar-refractivity contribution >= 4 is 5.91 Å². The topological polar surface area (TPSA) is 62.5 Å². The zero-order chi connectivity index (χ0) is 20.2. The summed E-state index contributed by atoms with van der Waals surface area (Å²) in [5.74, 6) is 1.34. The average Bonchev–Trinajstić information content (AvgIpc) is 3.31. The van der Waals surface area contributed by atoms with Crippen molar-refractivity contribution in [2.24, 2.45) is 5.92 Å². The van der Waals surface area contributed by atoms with Gasteiger partial charge >= 0.3 is 0 Å². The number of aromatic nitrogens is 2. The van der Waals surface area contributed by atoms with Crippen LogP contribution in [-0.4, -0.2) is 58.1 Å². The fraction of sp³-hybridized carbons (Fsp3) is 0.609. The van der Waals surface area contributed by atoms with Gasteiger partial charge in [-0.3, -0.25) is 14.7 Å². The van der Waals surface area contributed by atoms with Gasteiger partial charge in [0.05, 0.1) is 12.1 Å². The summed E-state index contributed by atoms with van der Waals surface area (Å²) in [7, 11) is 0. The van der Waals surface area contributed by atoms with E-state index < -0.39 is 0 Å². The Morgan fingerprint density at radius 1 is 1.17 bits per heavy atom. The van der Waals surface area contributed by atoms with E-state index in [4.69, 9.17) is 4.52 Å². The SMILES string of the molecule is Cc1noc(C)c1CC(=O)N1CCN(C2CCCC2)CC(Cc2ccccn2)C1. The van der Waals surface area contributed by atoms with Crippen LogP contribution in [0.5, 0.6) is 0 Å². The van der Waals surface area contributed by atoms with Gasteiger partial charge in [-0.05, 0) is 51.2 Å². The van der Waals surface area contributed by atoms with Crippen LogP contribution < -0.4 is 0 Å². The predicted molar refractivity (Wildman–Crippen MR) is 112 cm³/mol. The minimum absolute atomic E-state index is 0.179. The number of aryl methyl sites for hydroxylation is 2. The molecule has 156 valence electrons. The Hall–Kier alpha value is -2.21. The van der Waals surface area contributed by atoms with Gasteiger partial charge in [-0.1, -0.05) is 24.1 Å². The van der Waals surface area contributed by atoms with Crippen molar-refractivity contribution in [1.82, 2.24) is 19.9 Å². The molecule has 6 heteroatoms. The highest BCUT2D eigenvalue weighted by atomic mass is 16.5. The van der Waals surface area contributed by atoms with E-state index in [-0.39, 0.29) is 5.91 Å². The van der Waals surface area contributed by atoms with E-state index >= 15 is 0 Å². The van der Waals surface area contributed by atoms with Gasteiger partial charge in [-0.2, -0.15) is 0 Å². The van der Waals surface area contributed by atoms with Crippen LogP contribution in [0.2, 0.25) is 0 Å². The lowest BCUT2D eigenvalue weighted by atomic mass is 10.0. The molecular formula is C23H32N4O2. The number of carbonyl (C=O) groups excluding carboxylic acids is 1. The summed E-state index contributed by atoms with van der Waals surface area (Å²) in [4.78, 5) is 22.4. The zero-order valence-corrected chi connectivity index (χ0v) is 17.6. The Morgan fingerprint density at radius 3 is 2.69 bits per heavy atom. The third-order valence-electron chi connectivity index (χ3n) is 6.56. The molecule has 1 saturated carbocycles. The van der Waals surface area contributed by atoms with Gasteiger partial charge in [0.2, 0.25) is 5.91 Å². The van der Waals surface area contributed by atoms with Gasteiger partial charge < -0.3 is 9.42 Å². The lowest BCUT2D eigenvalue weighted by molar-refractivity contribution is -0.130. The average molecular weight is 397 g/mol. The summed E-state index contributed by atoms with van der Waals surface area (Å²) in [6, 6.07) is 6.79. The molecule has 29 heavy (non-hydrogen) atoms. The normalized spacial score (nSPS) is 21.4. The Morgan fingerprint density at radius 2 is 2.00 bits per heavy atom. The van der Waals surface area contributed by atoms with Crippen molar-refractivity contribution < 1.29 is 9.32 Å². The molecule has 2 aromatic rings. The minimum Gasteiger partial charge on any atom is -0.361 e. The first kappa shape index (κ1) is 20.1. The zero-order valence-electron chi connectivity index (χ0n) is 17.6. The van der Waals surface area contributed by atoms with E-state index in [1.165, 1.54) is 25.7 Å². The third kappa shape index (κ3) is 4.86. The van der Waals surface area contributed by atoms with Crippen molar-refractivity contribution in [2.75, 3.05) is 26.2 Å². The van der Waals surface area contributed by atoms with E-state index in [0.717, 1.165) is 55.3 Å². The Balaban J connectivity index is 1.49. The predicted octanol–water partition coefficient (Wildman–Crippen LogP) is 3.17. The highest BCUT2D eigenvalue weighted by molar-refractivity contribution is 5.79. The molecule has 0 bridgehead atoms. The van der Waals surface area contributed by atoms with Crippen molar-refractivity contribution in [1.29, 1.82) is 0 Å². The van der Waals surface area contributed by atoms with Crippen LogP contribution in [-0.2, 0) is 17.6 Å². The van der Waals surface area contributed by atoms with Crippen molar-refractivity contribution in [3.05, 3.63) is 47.1 Å². The number of hydrogen-bond donors (Lipinski definition) is 0. The number of amides is 1. The number of nitrogens with zero attached hydrogens (tertiary/aromatic N) is 4. The molecule has 1 unspecified atom stereocenters. The molecule has 2 aliphatic rings. The second-order valence-corrected chi connectivity index (χ2v) is 8.64. The molecule has 0 radical (unpaired) electrons. The Bertz CT molecular complexity index is 794. The first-order valence-corrected chi connectivity index (χ1v) is 10.9. The lowest BCUT2D eigenvalue weighted by Gasteiger charge is -2.29. The van der Waals surface area contributed by atoms with Crippen LogP contribution in [0.15, 0.2) is 28.9 Å². The Kier molecular flexibility index (Phi) is 6.28. The molecule has 1 atom stereocenters. The molecule has 0 spiro atoms. The number of rotatable bonds is 5. The van der Waals surface area contributed by atoms with Crippen LogP contribution in [0, 0.1) is 19.8 Å². The van der Waals surface area contributed by atoms with Gasteiger partial charge in [0, 0.05) is 49.7 Å². The molecule has 2 aromatic heterocycles. The smallest absolute Gasteiger partial charge is 0.227 e. The summed E-state index contributed by atoms with van der Waals surface area (Å²) in [5.41, 5.74) is 2.88. The standard InChI is InChI=1S/C23H32N4O2/c1-17-22(18(2)29-25-17)14-23(28)27-12-11-26(21-8-3-4-9-21)15-19(16-27)13-20-7-5-6-10-24-20/h5-7,10,19,21H,3-4,8-9,11-16H2,1-2H3. The molecule has 1 saturated heterocycles. The molecule has 0 aromatic carbocycles. The molecule has 1 aliphatic heterocycles. The van der Waals surface area contributed by atoms with Gasteiger partial charge in [-0.15, -0.1) is 0 Å². The van der Waals surface area contributed by atoms with Crippen LogP contribution in [0.1, 0.15) is 48.4 Å². The van der Waals surface area contributed by atoms with Crippen molar-refractivity contribution in [3.63, 3.8) is 0 Å². The van der Waals surface area contributed by atoms with Crippen molar-refractivity contribution in [2.45, 2.75) is 58.4 Å². The van der Waals surface area contributed by atoms with Gasteiger partial charge in [0.25, 0.3) is 0 Å². The highest BCUT2D eigenvalue weighted by Crippen LogP contribution is 2.26. The summed E-state index contributed by atoms with van der Waals surface area (Å²) in [6.07, 6.45) is 8.41. The quantitative estimate of drug-likeness (QED) is 0.777. The molecule has 6 nitrogen and oxygen atoms in total. The fourth-order valence-corrected chi connectivity index (χ4v) is 4.92. The molecule has 1 amide bonds. The molecule has 0 N–H and O–H groups in total. The van der Waals surface area contributed by atoms with Gasteiger partial charge in [0.1, 0.15) is 5.76 Å². The molecular weight excluding hydrogens is 364 g/mol. The van der Waals surface area contributed by atoms with Gasteiger partial charge in [-0.25, -0.2) is 0 Å². The maximum atomic E-state index is 13.2. The van der Waals surface area contributed by atoms with E-state index in [0.29, 0.717) is 18.4 Å². The van der Waals surface area contributed by atoms with E-state index in [9.17, 15) is 4.79 Å². The first-order chi connectivity index (χ1) is 14.1. The summed E-state index contributed by atoms with van der Waals surface area (Å²) >= 11 is 0. The molecule has 4 rings (SSSR count). The van der Waals surface area contributed by atoms with Crippen LogP contribution in [0.25, 0.3) is 0 Å². The minimum atomic E-state index is 0.179. The number of hydrogen-bond acceptors (Lipinski definition) is 5. The van der Waals surface area contributed by atoms with E-state index in [2.05, 4.69) is 26.0 Å². The summed E-state index contributed by atoms with van der Waals surface area (Å²) in [5, 5.41) is 4.01. The fourth-order valence-electron chi connectivity index (χ4n) is 4.92. The molecule has 3 heterocycles. The lowest BCUT2D eigenvalue weighted by Crippen LogP contribution is -2.39. The molecule has 2 fully saturated rings. The van der Waals surface area contributed by atoms with E-state index in [1.54, 1.807) is 0 Å². The second kappa shape index (κ2) is 9.08. The van der Waals surface area contributed by atoms with Gasteiger partial charge in [0.15, 0.2) is 0 Å². The number of carbonyl (C=O) groups is 1. The maximum absolute atomic E-state index is 13.2. The maximum Gasteiger partial charge on any atom is 0.227 e. The summed E-state index contributed by atoms with van der Waals surface area (Å²) in [6.45, 7) is 7.41. The third-order valence-corrected chi connectivity index (χ3v) is 6.56. The first-order valence-electron chi connectivity index (χ1n) is 10.9. The van der Waals surface area contributed by atoms with Crippen molar-refractivity contribution in [3.8, 4) is 0 Å². The van der Waals surface area contributed by atoms with Crippen LogP contribution in [0.3, 0.4) is 0 Å². The van der Waals surface area contributed by atoms with Crippen LogP contribution in [0.4, 0.5) is 0 Å². The van der Waals surface area contributed by atoms with E-state index in [1.807, 2.05) is 32.2 Å². The molecule has 1 aliphatic carbocycles. The number of pyridine rings is 1. The Labute approximate surface area is 173 Å². The largest absolute Gasteiger partial charge is 0.361 e. The second-order valence-electron chi connectivity index (χ2n) is 8.64.